The van der Waals surface area contributed by atoms with Gasteiger partial charge in [-0.3, -0.25) is 4.79 Å². The number of halogens is 2. The van der Waals surface area contributed by atoms with E-state index in [2.05, 4.69) is 22.5 Å². The van der Waals surface area contributed by atoms with Crippen molar-refractivity contribution in [2.45, 2.75) is 19.3 Å². The van der Waals surface area contributed by atoms with Gasteiger partial charge < -0.3 is 0 Å². The van der Waals surface area contributed by atoms with Crippen LogP contribution in [0.15, 0.2) is 35.3 Å². The molecule has 0 spiro atoms. The van der Waals surface area contributed by atoms with Crippen molar-refractivity contribution in [2.75, 3.05) is 0 Å². The Kier molecular flexibility index (Phi) is 5.06. The Morgan fingerprint density at radius 1 is 1.53 bits per heavy atom. The fourth-order valence-electron chi connectivity index (χ4n) is 1.22. The topological polar surface area (TPSA) is 17.1 Å². The van der Waals surface area contributed by atoms with Gasteiger partial charge in [-0.05, 0) is 47.0 Å². The van der Waals surface area contributed by atoms with Crippen molar-refractivity contribution in [3.63, 3.8) is 0 Å². The van der Waals surface area contributed by atoms with Crippen molar-refractivity contribution in [3.05, 3.63) is 45.9 Å². The first-order chi connectivity index (χ1) is 7.15. The van der Waals surface area contributed by atoms with Crippen LogP contribution in [-0.4, -0.2) is 5.78 Å². The SMILES string of the molecule is C=CCCCC(=O)c1ccc(Cl)c(Br)c1. The molecule has 0 amide bonds. The lowest BCUT2D eigenvalue weighted by Crippen LogP contribution is -1.98. The summed E-state index contributed by atoms with van der Waals surface area (Å²) in [5.41, 5.74) is 0.704. The largest absolute Gasteiger partial charge is 0.294 e. The zero-order valence-electron chi connectivity index (χ0n) is 8.30. The highest BCUT2D eigenvalue weighted by atomic mass is 79.9. The molecule has 0 aliphatic heterocycles. The molecule has 0 heterocycles. The highest BCUT2D eigenvalue weighted by Crippen LogP contribution is 2.24. The molecule has 0 saturated heterocycles. The van der Waals surface area contributed by atoms with Crippen molar-refractivity contribution >= 4 is 33.3 Å². The van der Waals surface area contributed by atoms with Gasteiger partial charge in [0.25, 0.3) is 0 Å². The number of ketones is 1. The van der Waals surface area contributed by atoms with Crippen molar-refractivity contribution in [1.29, 1.82) is 0 Å². The van der Waals surface area contributed by atoms with E-state index in [0.29, 0.717) is 17.0 Å². The molecule has 0 atom stereocenters. The zero-order chi connectivity index (χ0) is 11.3. The molecule has 0 fully saturated rings. The number of unbranched alkanes of at least 4 members (excludes halogenated alkanes) is 1. The number of benzene rings is 1. The quantitative estimate of drug-likeness (QED) is 0.438. The van der Waals surface area contributed by atoms with E-state index in [9.17, 15) is 4.79 Å². The van der Waals surface area contributed by atoms with E-state index in [-0.39, 0.29) is 5.78 Å². The van der Waals surface area contributed by atoms with Crippen LogP contribution in [0.5, 0.6) is 0 Å². The number of allylic oxidation sites excluding steroid dienone is 1. The molecular formula is C12H12BrClO. The molecule has 1 aromatic rings. The number of Topliss-reactive ketones (excluding diaryl/α,β-unsaturated/α-hetero) is 1. The van der Waals surface area contributed by atoms with Crippen LogP contribution < -0.4 is 0 Å². The summed E-state index contributed by atoms with van der Waals surface area (Å²) in [6.45, 7) is 3.62. The average molecular weight is 288 g/mol. The second kappa shape index (κ2) is 6.09. The normalized spacial score (nSPS) is 10.0. The maximum absolute atomic E-state index is 11.7. The standard InChI is InChI=1S/C12H12BrClO/c1-2-3-4-5-12(15)9-6-7-11(14)10(13)8-9/h2,6-8H,1,3-5H2. The Balaban J connectivity index is 2.65. The molecule has 3 heteroatoms. The first-order valence-electron chi connectivity index (χ1n) is 4.74. The molecule has 1 nitrogen and oxygen atoms in total. The summed E-state index contributed by atoms with van der Waals surface area (Å²) in [5.74, 6) is 0.147. The summed E-state index contributed by atoms with van der Waals surface area (Å²) in [5, 5.41) is 0.623. The maximum atomic E-state index is 11.7. The molecule has 80 valence electrons. The van der Waals surface area contributed by atoms with Crippen molar-refractivity contribution in [1.82, 2.24) is 0 Å². The van der Waals surface area contributed by atoms with E-state index in [0.717, 1.165) is 17.3 Å². The molecule has 1 rings (SSSR count). The number of carbonyl (C=O) groups is 1. The van der Waals surface area contributed by atoms with Crippen LogP contribution in [0.3, 0.4) is 0 Å². The highest BCUT2D eigenvalue weighted by Gasteiger charge is 2.06. The Labute approximate surface area is 103 Å². The summed E-state index contributed by atoms with van der Waals surface area (Å²) in [4.78, 5) is 11.7. The van der Waals surface area contributed by atoms with Gasteiger partial charge in [-0.2, -0.15) is 0 Å². The molecule has 15 heavy (non-hydrogen) atoms. The minimum absolute atomic E-state index is 0.147. The minimum Gasteiger partial charge on any atom is -0.294 e. The van der Waals surface area contributed by atoms with Gasteiger partial charge in [0.05, 0.1) is 5.02 Å². The summed E-state index contributed by atoms with van der Waals surface area (Å²) in [6, 6.07) is 5.24. The lowest BCUT2D eigenvalue weighted by molar-refractivity contribution is 0.0980. The van der Waals surface area contributed by atoms with Crippen molar-refractivity contribution in [3.8, 4) is 0 Å². The lowest BCUT2D eigenvalue weighted by Gasteiger charge is -2.02. The summed E-state index contributed by atoms with van der Waals surface area (Å²) < 4.78 is 0.763. The number of carbonyl (C=O) groups excluding carboxylic acids is 1. The van der Waals surface area contributed by atoms with E-state index in [1.807, 2.05) is 6.08 Å². The van der Waals surface area contributed by atoms with Crippen LogP contribution in [0, 0.1) is 0 Å². The van der Waals surface area contributed by atoms with Crippen molar-refractivity contribution < 1.29 is 4.79 Å². The molecule has 0 unspecified atom stereocenters. The third-order valence-electron chi connectivity index (χ3n) is 2.05. The zero-order valence-corrected chi connectivity index (χ0v) is 10.6. The Bertz CT molecular complexity index is 374. The Morgan fingerprint density at radius 3 is 2.87 bits per heavy atom. The Morgan fingerprint density at radius 2 is 2.27 bits per heavy atom. The van der Waals surface area contributed by atoms with Gasteiger partial charge in [0, 0.05) is 16.5 Å². The second-order valence-electron chi connectivity index (χ2n) is 3.23. The van der Waals surface area contributed by atoms with E-state index in [1.165, 1.54) is 0 Å². The van der Waals surface area contributed by atoms with Gasteiger partial charge in [-0.25, -0.2) is 0 Å². The summed E-state index contributed by atoms with van der Waals surface area (Å²) in [7, 11) is 0. The summed E-state index contributed by atoms with van der Waals surface area (Å²) >= 11 is 9.14. The van der Waals surface area contributed by atoms with E-state index in [1.54, 1.807) is 18.2 Å². The molecule has 0 aliphatic rings. The van der Waals surface area contributed by atoms with Gasteiger partial charge in [-0.1, -0.05) is 17.7 Å². The molecule has 0 aliphatic carbocycles. The molecule has 0 bridgehead atoms. The molecule has 1 aromatic carbocycles. The van der Waals surface area contributed by atoms with Gasteiger partial charge in [0.2, 0.25) is 0 Å². The van der Waals surface area contributed by atoms with Gasteiger partial charge >= 0.3 is 0 Å². The third-order valence-corrected chi connectivity index (χ3v) is 3.27. The van der Waals surface area contributed by atoms with Gasteiger partial charge in [0.15, 0.2) is 5.78 Å². The number of hydrogen-bond acceptors (Lipinski definition) is 1. The number of rotatable bonds is 5. The Hall–Kier alpha value is -0.600. The van der Waals surface area contributed by atoms with E-state index in [4.69, 9.17) is 11.6 Å². The second-order valence-corrected chi connectivity index (χ2v) is 4.49. The molecule has 0 aromatic heterocycles. The monoisotopic (exact) mass is 286 g/mol. The average Bonchev–Trinajstić information content (AvgIpc) is 2.22. The maximum Gasteiger partial charge on any atom is 0.162 e. The third kappa shape index (κ3) is 3.80. The predicted octanol–water partition coefficient (Wildman–Crippen LogP) is 4.64. The van der Waals surface area contributed by atoms with Crippen LogP contribution in [0.25, 0.3) is 0 Å². The fourth-order valence-corrected chi connectivity index (χ4v) is 1.72. The van der Waals surface area contributed by atoms with Crippen LogP contribution in [0.1, 0.15) is 29.6 Å². The first kappa shape index (κ1) is 12.5. The van der Waals surface area contributed by atoms with Gasteiger partial charge in [-0.15, -0.1) is 6.58 Å². The number of hydrogen-bond donors (Lipinski definition) is 0. The van der Waals surface area contributed by atoms with Crippen LogP contribution in [0.4, 0.5) is 0 Å². The van der Waals surface area contributed by atoms with E-state index >= 15 is 0 Å². The van der Waals surface area contributed by atoms with Crippen molar-refractivity contribution in [2.24, 2.45) is 0 Å². The van der Waals surface area contributed by atoms with Gasteiger partial charge in [0.1, 0.15) is 0 Å². The lowest BCUT2D eigenvalue weighted by atomic mass is 10.1. The fraction of sp³-hybridized carbons (Fsp3) is 0.250. The molecule has 0 saturated carbocycles. The molecule has 0 radical (unpaired) electrons. The predicted molar refractivity (Wildman–Crippen MR) is 67.5 cm³/mol. The first-order valence-corrected chi connectivity index (χ1v) is 5.91. The smallest absolute Gasteiger partial charge is 0.162 e. The molecular weight excluding hydrogens is 275 g/mol. The van der Waals surface area contributed by atoms with Crippen LogP contribution >= 0.6 is 27.5 Å². The minimum atomic E-state index is 0.147. The summed E-state index contributed by atoms with van der Waals surface area (Å²) in [6.07, 6.45) is 4.11. The molecule has 0 N–H and O–H groups in total. The van der Waals surface area contributed by atoms with E-state index < -0.39 is 0 Å². The van der Waals surface area contributed by atoms with Crippen LogP contribution in [0.2, 0.25) is 5.02 Å². The van der Waals surface area contributed by atoms with Crippen LogP contribution in [-0.2, 0) is 0 Å². The highest BCUT2D eigenvalue weighted by molar-refractivity contribution is 9.10.